The van der Waals surface area contributed by atoms with Gasteiger partial charge in [-0.3, -0.25) is 0 Å². The Kier molecular flexibility index (Phi) is 5.47. The van der Waals surface area contributed by atoms with Gasteiger partial charge < -0.3 is 14.5 Å². The van der Waals surface area contributed by atoms with Crippen LogP contribution in [0.1, 0.15) is 25.7 Å². The van der Waals surface area contributed by atoms with E-state index in [0.29, 0.717) is 13.2 Å². The second-order valence-corrected chi connectivity index (χ2v) is 4.10. The van der Waals surface area contributed by atoms with Crippen LogP contribution in [0.15, 0.2) is 0 Å². The number of hydrogen-bond donors (Lipinski definition) is 0. The number of hydrogen-bond acceptors (Lipinski definition) is 2. The largest absolute Gasteiger partial charge is 0.383 e. The Labute approximate surface area is 92.2 Å². The van der Waals surface area contributed by atoms with Gasteiger partial charge in [-0.15, -0.1) is 0 Å². The van der Waals surface area contributed by atoms with Crippen molar-refractivity contribution in [3.05, 3.63) is 0 Å². The van der Waals surface area contributed by atoms with Crippen molar-refractivity contribution in [1.29, 1.82) is 0 Å². The molecule has 1 saturated heterocycles. The fourth-order valence-electron chi connectivity index (χ4n) is 1.83. The average Bonchev–Trinajstić information content (AvgIpc) is 2.53. The molecule has 2 amide bonds. The molecule has 4 heteroatoms. The van der Waals surface area contributed by atoms with Crippen LogP contribution in [0, 0.1) is 0 Å². The standard InChI is InChI=1S/C11H22N2O2/c1-12(9-10-15-2)11(14)13-7-5-3-4-6-8-13/h3-10H2,1-2H3. The van der Waals surface area contributed by atoms with Gasteiger partial charge in [-0.05, 0) is 12.8 Å². The lowest BCUT2D eigenvalue weighted by Gasteiger charge is -2.26. The molecule has 1 rings (SSSR count). The minimum absolute atomic E-state index is 0.147. The molecule has 1 aliphatic rings. The van der Waals surface area contributed by atoms with E-state index in [1.807, 2.05) is 11.9 Å². The third-order valence-electron chi connectivity index (χ3n) is 2.83. The summed E-state index contributed by atoms with van der Waals surface area (Å²) in [5, 5.41) is 0. The highest BCUT2D eigenvalue weighted by Crippen LogP contribution is 2.11. The van der Waals surface area contributed by atoms with Crippen molar-refractivity contribution < 1.29 is 9.53 Å². The van der Waals surface area contributed by atoms with Crippen LogP contribution >= 0.6 is 0 Å². The molecule has 0 saturated carbocycles. The highest BCUT2D eigenvalue weighted by Gasteiger charge is 2.18. The number of nitrogens with zero attached hydrogens (tertiary/aromatic N) is 2. The van der Waals surface area contributed by atoms with Crippen LogP contribution in [-0.4, -0.2) is 56.2 Å². The lowest BCUT2D eigenvalue weighted by Crippen LogP contribution is -2.42. The lowest BCUT2D eigenvalue weighted by atomic mass is 10.2. The van der Waals surface area contributed by atoms with Crippen LogP contribution in [0.5, 0.6) is 0 Å². The average molecular weight is 214 g/mol. The van der Waals surface area contributed by atoms with E-state index in [0.717, 1.165) is 25.9 Å². The van der Waals surface area contributed by atoms with Crippen molar-refractivity contribution in [3.8, 4) is 0 Å². The summed E-state index contributed by atoms with van der Waals surface area (Å²) in [5.74, 6) is 0. The molecule has 0 radical (unpaired) electrons. The molecule has 0 atom stereocenters. The van der Waals surface area contributed by atoms with Crippen molar-refractivity contribution in [3.63, 3.8) is 0 Å². The Morgan fingerprint density at radius 3 is 2.40 bits per heavy atom. The number of rotatable bonds is 3. The predicted octanol–water partition coefficient (Wildman–Crippen LogP) is 1.56. The summed E-state index contributed by atoms with van der Waals surface area (Å²) in [6.45, 7) is 3.11. The van der Waals surface area contributed by atoms with Crippen molar-refractivity contribution in [2.24, 2.45) is 0 Å². The third kappa shape index (κ3) is 4.08. The smallest absolute Gasteiger partial charge is 0.319 e. The minimum atomic E-state index is 0.147. The SMILES string of the molecule is COCCN(C)C(=O)N1CCCCCC1. The molecular formula is C11H22N2O2. The van der Waals surface area contributed by atoms with Gasteiger partial charge in [0.2, 0.25) is 0 Å². The molecule has 1 aliphatic heterocycles. The fourth-order valence-corrected chi connectivity index (χ4v) is 1.83. The van der Waals surface area contributed by atoms with Crippen LogP contribution in [0.4, 0.5) is 4.79 Å². The molecule has 0 bridgehead atoms. The first-order valence-corrected chi connectivity index (χ1v) is 5.74. The molecule has 4 nitrogen and oxygen atoms in total. The molecule has 0 aromatic heterocycles. The number of amides is 2. The number of methoxy groups -OCH3 is 1. The number of likely N-dealkylation sites (N-methyl/N-ethyl adjacent to an activating group) is 1. The van der Waals surface area contributed by atoms with Gasteiger partial charge in [0.25, 0.3) is 0 Å². The number of ether oxygens (including phenoxy) is 1. The normalized spacial score (nSPS) is 17.3. The van der Waals surface area contributed by atoms with Gasteiger partial charge in [0.05, 0.1) is 6.61 Å². The van der Waals surface area contributed by atoms with E-state index in [1.165, 1.54) is 12.8 Å². The maximum atomic E-state index is 12.0. The fraction of sp³-hybridized carbons (Fsp3) is 0.909. The first kappa shape index (κ1) is 12.3. The van der Waals surface area contributed by atoms with E-state index in [-0.39, 0.29) is 6.03 Å². The minimum Gasteiger partial charge on any atom is -0.383 e. The second-order valence-electron chi connectivity index (χ2n) is 4.10. The zero-order valence-electron chi connectivity index (χ0n) is 9.87. The first-order valence-electron chi connectivity index (χ1n) is 5.74. The number of likely N-dealkylation sites (tertiary alicyclic amines) is 1. The Bertz CT molecular complexity index is 189. The first-order chi connectivity index (χ1) is 7.25. The zero-order chi connectivity index (χ0) is 11.1. The molecule has 88 valence electrons. The maximum absolute atomic E-state index is 12.0. The van der Waals surface area contributed by atoms with Gasteiger partial charge in [-0.25, -0.2) is 4.79 Å². The molecular weight excluding hydrogens is 192 g/mol. The predicted molar refractivity (Wildman–Crippen MR) is 59.9 cm³/mol. The summed E-state index contributed by atoms with van der Waals surface area (Å²) < 4.78 is 4.96. The van der Waals surface area contributed by atoms with Gasteiger partial charge in [-0.1, -0.05) is 12.8 Å². The topological polar surface area (TPSA) is 32.8 Å². The maximum Gasteiger partial charge on any atom is 0.319 e. The molecule has 0 aromatic rings. The molecule has 0 unspecified atom stereocenters. The molecule has 0 aliphatic carbocycles. The molecule has 15 heavy (non-hydrogen) atoms. The number of carbonyl (C=O) groups excluding carboxylic acids is 1. The monoisotopic (exact) mass is 214 g/mol. The van der Waals surface area contributed by atoms with E-state index >= 15 is 0 Å². The van der Waals surface area contributed by atoms with E-state index in [2.05, 4.69) is 0 Å². The number of urea groups is 1. The summed E-state index contributed by atoms with van der Waals surface area (Å²) >= 11 is 0. The zero-order valence-corrected chi connectivity index (χ0v) is 9.87. The molecule has 0 N–H and O–H groups in total. The highest BCUT2D eigenvalue weighted by molar-refractivity contribution is 5.74. The van der Waals surface area contributed by atoms with Gasteiger partial charge in [-0.2, -0.15) is 0 Å². The Morgan fingerprint density at radius 1 is 1.27 bits per heavy atom. The van der Waals surface area contributed by atoms with E-state index in [4.69, 9.17) is 4.74 Å². The van der Waals surface area contributed by atoms with Crippen LogP contribution in [0.3, 0.4) is 0 Å². The van der Waals surface area contributed by atoms with E-state index in [1.54, 1.807) is 12.0 Å². The Morgan fingerprint density at radius 2 is 1.87 bits per heavy atom. The molecule has 0 spiro atoms. The van der Waals surface area contributed by atoms with Crippen LogP contribution in [0.2, 0.25) is 0 Å². The quantitative estimate of drug-likeness (QED) is 0.714. The number of carbonyl (C=O) groups is 1. The van der Waals surface area contributed by atoms with Gasteiger partial charge in [0.1, 0.15) is 0 Å². The van der Waals surface area contributed by atoms with Crippen LogP contribution in [-0.2, 0) is 4.74 Å². The van der Waals surface area contributed by atoms with Crippen molar-refractivity contribution >= 4 is 6.03 Å². The van der Waals surface area contributed by atoms with Gasteiger partial charge >= 0.3 is 6.03 Å². The Hall–Kier alpha value is -0.770. The van der Waals surface area contributed by atoms with Gasteiger partial charge in [0.15, 0.2) is 0 Å². The third-order valence-corrected chi connectivity index (χ3v) is 2.83. The van der Waals surface area contributed by atoms with Gasteiger partial charge in [0, 0.05) is 33.8 Å². The van der Waals surface area contributed by atoms with Crippen LogP contribution in [0.25, 0.3) is 0 Å². The second kappa shape index (κ2) is 6.67. The van der Waals surface area contributed by atoms with Crippen LogP contribution < -0.4 is 0 Å². The lowest BCUT2D eigenvalue weighted by molar-refractivity contribution is 0.137. The molecule has 1 fully saturated rings. The van der Waals surface area contributed by atoms with E-state index in [9.17, 15) is 4.79 Å². The molecule has 0 aromatic carbocycles. The van der Waals surface area contributed by atoms with Crippen molar-refractivity contribution in [2.45, 2.75) is 25.7 Å². The van der Waals surface area contributed by atoms with Crippen molar-refractivity contribution in [1.82, 2.24) is 9.80 Å². The van der Waals surface area contributed by atoms with Crippen molar-refractivity contribution in [2.75, 3.05) is 40.4 Å². The molecule has 1 heterocycles. The summed E-state index contributed by atoms with van der Waals surface area (Å²) in [7, 11) is 3.50. The summed E-state index contributed by atoms with van der Waals surface area (Å²) in [5.41, 5.74) is 0. The summed E-state index contributed by atoms with van der Waals surface area (Å²) in [6.07, 6.45) is 4.80. The summed E-state index contributed by atoms with van der Waals surface area (Å²) in [6, 6.07) is 0.147. The Balaban J connectivity index is 2.35. The highest BCUT2D eigenvalue weighted by atomic mass is 16.5. The summed E-state index contributed by atoms with van der Waals surface area (Å²) in [4.78, 5) is 15.7. The van der Waals surface area contributed by atoms with E-state index < -0.39 is 0 Å².